The predicted molar refractivity (Wildman–Crippen MR) is 152 cm³/mol. The fourth-order valence-electron chi connectivity index (χ4n) is 4.80. The Morgan fingerprint density at radius 3 is 2.37 bits per heavy atom. The molecule has 2 aliphatic carbocycles. The number of ketones is 1. The lowest BCUT2D eigenvalue weighted by Crippen LogP contribution is -2.32. The number of ether oxygens (including phenoxy) is 3. The quantitative estimate of drug-likeness (QED) is 0.210. The van der Waals surface area contributed by atoms with Gasteiger partial charge in [-0.1, -0.05) is 6.07 Å². The summed E-state index contributed by atoms with van der Waals surface area (Å²) in [7, 11) is 1.52. The molecule has 6 rings (SSSR count). The summed E-state index contributed by atoms with van der Waals surface area (Å²) in [6.45, 7) is 0.360. The first-order valence-corrected chi connectivity index (χ1v) is 13.7. The molecule has 0 radical (unpaired) electrons. The molecule has 1 amide bonds. The molecule has 2 saturated carbocycles. The summed E-state index contributed by atoms with van der Waals surface area (Å²) in [4.78, 5) is 30.3. The molecule has 1 heterocycles. The van der Waals surface area contributed by atoms with E-state index < -0.39 is 34.6 Å². The van der Waals surface area contributed by atoms with Gasteiger partial charge < -0.3 is 25.3 Å². The highest BCUT2D eigenvalue weighted by Gasteiger charge is 2.55. The normalized spacial score (nSPS) is 15.9. The lowest BCUT2D eigenvalue weighted by molar-refractivity contribution is -0.132. The molecule has 1 aromatic heterocycles. The SMILES string of the molecule is COc1cc2c(Oc3ccc(CC(=O)C4(C(=O)Nc5ccc(F)c(F)c5)CC4)c(F)c3)ccnc2cc1OCC1(N)CC1. The molecule has 0 unspecified atom stereocenters. The first-order chi connectivity index (χ1) is 20.6. The number of pyridine rings is 1. The average molecular weight is 592 g/mol. The second-order valence-corrected chi connectivity index (χ2v) is 11.1. The minimum Gasteiger partial charge on any atom is -0.493 e. The Morgan fingerprint density at radius 1 is 0.907 bits per heavy atom. The Labute approximate surface area is 244 Å². The van der Waals surface area contributed by atoms with E-state index in [1.165, 1.54) is 31.4 Å². The van der Waals surface area contributed by atoms with Gasteiger partial charge >= 0.3 is 0 Å². The maximum Gasteiger partial charge on any atom is 0.238 e. The Kier molecular flexibility index (Phi) is 7.21. The molecule has 0 bridgehead atoms. The molecule has 8 nitrogen and oxygen atoms in total. The molecule has 3 aromatic carbocycles. The minimum atomic E-state index is -1.34. The lowest BCUT2D eigenvalue weighted by Gasteiger charge is -2.16. The van der Waals surface area contributed by atoms with Crippen LogP contribution in [-0.4, -0.2) is 35.9 Å². The molecule has 2 aliphatic rings. The van der Waals surface area contributed by atoms with Gasteiger partial charge in [-0.15, -0.1) is 0 Å². The summed E-state index contributed by atoms with van der Waals surface area (Å²) in [6, 6.07) is 12.2. The van der Waals surface area contributed by atoms with E-state index in [9.17, 15) is 18.4 Å². The second kappa shape index (κ2) is 10.9. The summed E-state index contributed by atoms with van der Waals surface area (Å²) >= 11 is 0. The molecule has 43 heavy (non-hydrogen) atoms. The van der Waals surface area contributed by atoms with Gasteiger partial charge in [-0.25, -0.2) is 13.2 Å². The van der Waals surface area contributed by atoms with Crippen molar-refractivity contribution in [1.82, 2.24) is 4.98 Å². The van der Waals surface area contributed by atoms with E-state index in [0.29, 0.717) is 34.8 Å². The van der Waals surface area contributed by atoms with Crippen LogP contribution in [0, 0.1) is 22.9 Å². The Morgan fingerprint density at radius 2 is 1.70 bits per heavy atom. The first kappa shape index (κ1) is 28.5. The summed E-state index contributed by atoms with van der Waals surface area (Å²) in [6.07, 6.45) is 3.60. The highest BCUT2D eigenvalue weighted by Crippen LogP contribution is 2.48. The van der Waals surface area contributed by atoms with Gasteiger partial charge in [0, 0.05) is 41.9 Å². The number of benzene rings is 3. The molecule has 11 heteroatoms. The van der Waals surface area contributed by atoms with Crippen LogP contribution in [0.5, 0.6) is 23.0 Å². The van der Waals surface area contributed by atoms with Crippen molar-refractivity contribution in [3.63, 3.8) is 0 Å². The standard InChI is InChI=1S/C32H28F3N3O5/c1-41-27-15-21-25(16-28(27)42-17-31(36)7-8-31)37-11-6-26(21)43-20-4-2-18(23(34)14-20)12-29(39)32(9-10-32)30(40)38-19-3-5-22(33)24(35)13-19/h2-6,11,13-16H,7-10,12,17,36H2,1H3,(H,38,40). The topological polar surface area (TPSA) is 113 Å². The van der Waals surface area contributed by atoms with E-state index in [1.54, 1.807) is 24.4 Å². The van der Waals surface area contributed by atoms with E-state index in [2.05, 4.69) is 10.3 Å². The third-order valence-electron chi connectivity index (χ3n) is 7.89. The molecule has 0 aliphatic heterocycles. The Bertz CT molecular complexity index is 1750. The van der Waals surface area contributed by atoms with E-state index >= 15 is 4.39 Å². The van der Waals surface area contributed by atoms with Crippen molar-refractivity contribution in [2.75, 3.05) is 19.0 Å². The number of nitrogens with one attached hydrogen (secondary N) is 1. The minimum absolute atomic E-state index is 0.0304. The van der Waals surface area contributed by atoms with Crippen LogP contribution in [-0.2, 0) is 16.0 Å². The van der Waals surface area contributed by atoms with Crippen molar-refractivity contribution in [3.05, 3.63) is 83.8 Å². The molecular formula is C32H28F3N3O5. The van der Waals surface area contributed by atoms with Crippen LogP contribution in [0.15, 0.2) is 60.8 Å². The average Bonchev–Trinajstić information content (AvgIpc) is 3.92. The van der Waals surface area contributed by atoms with Gasteiger partial charge in [0.1, 0.15) is 29.3 Å². The van der Waals surface area contributed by atoms with Crippen molar-refractivity contribution in [2.24, 2.45) is 11.1 Å². The number of methoxy groups -OCH3 is 1. The number of aromatic nitrogens is 1. The van der Waals surface area contributed by atoms with Gasteiger partial charge in [-0.05, 0) is 61.6 Å². The van der Waals surface area contributed by atoms with Crippen LogP contribution in [0.3, 0.4) is 0 Å². The Balaban J connectivity index is 1.15. The fourth-order valence-corrected chi connectivity index (χ4v) is 4.80. The number of rotatable bonds is 11. The van der Waals surface area contributed by atoms with E-state index in [4.69, 9.17) is 19.9 Å². The van der Waals surface area contributed by atoms with Gasteiger partial charge in [0.2, 0.25) is 5.91 Å². The van der Waals surface area contributed by atoms with Gasteiger partial charge in [-0.2, -0.15) is 0 Å². The van der Waals surface area contributed by atoms with E-state index in [-0.39, 0.29) is 41.8 Å². The lowest BCUT2D eigenvalue weighted by atomic mass is 9.93. The zero-order valence-corrected chi connectivity index (χ0v) is 23.2. The van der Waals surface area contributed by atoms with Crippen molar-refractivity contribution >= 4 is 28.3 Å². The number of fused-ring (bicyclic) bond motifs is 1. The molecule has 2 fully saturated rings. The number of amides is 1. The van der Waals surface area contributed by atoms with Gasteiger partial charge in [0.15, 0.2) is 28.9 Å². The molecule has 0 saturated heterocycles. The summed E-state index contributed by atoms with van der Waals surface area (Å²) in [5.41, 5.74) is 5.20. The largest absolute Gasteiger partial charge is 0.493 e. The maximum absolute atomic E-state index is 15.2. The van der Waals surface area contributed by atoms with Gasteiger partial charge in [0.05, 0.1) is 18.2 Å². The van der Waals surface area contributed by atoms with Crippen LogP contribution in [0.2, 0.25) is 0 Å². The number of nitrogens with zero attached hydrogens (tertiary/aromatic N) is 1. The summed E-state index contributed by atoms with van der Waals surface area (Å²) in [5.74, 6) is -2.38. The predicted octanol–water partition coefficient (Wildman–Crippen LogP) is 5.85. The van der Waals surface area contributed by atoms with Crippen LogP contribution in [0.1, 0.15) is 31.2 Å². The second-order valence-electron chi connectivity index (χ2n) is 11.1. The maximum atomic E-state index is 15.2. The van der Waals surface area contributed by atoms with Crippen molar-refractivity contribution in [2.45, 2.75) is 37.6 Å². The van der Waals surface area contributed by atoms with Crippen LogP contribution in [0.4, 0.5) is 18.9 Å². The number of hydrogen-bond acceptors (Lipinski definition) is 7. The molecule has 0 atom stereocenters. The summed E-state index contributed by atoms with van der Waals surface area (Å²) < 4.78 is 59.3. The molecule has 4 aromatic rings. The fraction of sp³-hybridized carbons (Fsp3) is 0.281. The van der Waals surface area contributed by atoms with Crippen molar-refractivity contribution < 1.29 is 37.0 Å². The molecule has 222 valence electrons. The number of hydrogen-bond donors (Lipinski definition) is 2. The third-order valence-corrected chi connectivity index (χ3v) is 7.89. The zero-order chi connectivity index (χ0) is 30.4. The van der Waals surface area contributed by atoms with Crippen LogP contribution in [0.25, 0.3) is 10.9 Å². The third kappa shape index (κ3) is 5.85. The Hall–Kier alpha value is -4.64. The molecule has 3 N–H and O–H groups in total. The monoisotopic (exact) mass is 591 g/mol. The number of Topliss-reactive ketones (excluding diaryl/α,β-unsaturated/α-hetero) is 1. The van der Waals surface area contributed by atoms with Gasteiger partial charge in [0.25, 0.3) is 0 Å². The number of halogens is 3. The van der Waals surface area contributed by atoms with E-state index in [1.807, 2.05) is 0 Å². The van der Waals surface area contributed by atoms with Crippen LogP contribution < -0.4 is 25.3 Å². The zero-order valence-electron chi connectivity index (χ0n) is 23.2. The van der Waals surface area contributed by atoms with E-state index in [0.717, 1.165) is 25.0 Å². The number of carbonyl (C=O) groups excluding carboxylic acids is 2. The number of nitrogens with two attached hydrogens (primary N) is 1. The van der Waals surface area contributed by atoms with Crippen molar-refractivity contribution in [1.29, 1.82) is 0 Å². The highest BCUT2D eigenvalue weighted by atomic mass is 19.2. The molecule has 0 spiro atoms. The number of carbonyl (C=O) groups is 2. The molecular weight excluding hydrogens is 563 g/mol. The van der Waals surface area contributed by atoms with Gasteiger partial charge in [-0.3, -0.25) is 14.6 Å². The van der Waals surface area contributed by atoms with Crippen molar-refractivity contribution in [3.8, 4) is 23.0 Å². The van der Waals surface area contributed by atoms with Crippen LogP contribution >= 0.6 is 0 Å². The smallest absolute Gasteiger partial charge is 0.238 e. The first-order valence-electron chi connectivity index (χ1n) is 13.7. The number of anilines is 1. The summed E-state index contributed by atoms with van der Waals surface area (Å²) in [5, 5.41) is 3.08. The highest BCUT2D eigenvalue weighted by molar-refractivity contribution is 6.14.